The highest BCUT2D eigenvalue weighted by Gasteiger charge is 2.17. The van der Waals surface area contributed by atoms with Gasteiger partial charge in [0.05, 0.1) is 11.7 Å². The van der Waals surface area contributed by atoms with Crippen LogP contribution in [-0.2, 0) is 11.8 Å². The topological polar surface area (TPSA) is 99.8 Å². The molecule has 1 aromatic rings. The predicted octanol–water partition coefficient (Wildman–Crippen LogP) is -0.547. The summed E-state index contributed by atoms with van der Waals surface area (Å²) in [5.74, 6) is -0.444. The summed E-state index contributed by atoms with van der Waals surface area (Å²) in [6.07, 6.45) is 0.0831. The monoisotopic (exact) mass is 247 g/mol. The molecule has 1 rings (SSSR count). The average molecular weight is 248 g/mol. The smallest absolute Gasteiger partial charge is 0.219 e. The Morgan fingerprint density at radius 2 is 2.38 bits per heavy atom. The highest BCUT2D eigenvalue weighted by atomic mass is 79.9. The second kappa shape index (κ2) is 3.84. The minimum atomic E-state index is -0.466. The van der Waals surface area contributed by atoms with Crippen LogP contribution in [0.3, 0.4) is 0 Å². The molecule has 0 saturated carbocycles. The van der Waals surface area contributed by atoms with Crippen molar-refractivity contribution in [2.24, 2.45) is 18.5 Å². The third-order valence-electron chi connectivity index (χ3n) is 1.60. The van der Waals surface area contributed by atoms with Crippen molar-refractivity contribution in [2.45, 2.75) is 12.5 Å². The number of rotatable bonds is 3. The van der Waals surface area contributed by atoms with Crippen molar-refractivity contribution >= 4 is 21.8 Å². The number of nitrogens with zero attached hydrogens (tertiary/aromatic N) is 3. The van der Waals surface area contributed by atoms with Crippen LogP contribution in [-0.4, -0.2) is 20.9 Å². The predicted molar refractivity (Wildman–Crippen MR) is 49.4 cm³/mol. The normalized spacial score (nSPS) is 12.8. The number of carbonyl (C=O) groups excluding carboxylic acids is 1. The van der Waals surface area contributed by atoms with Gasteiger partial charge in [-0.2, -0.15) is 0 Å². The zero-order valence-electron chi connectivity index (χ0n) is 7.07. The van der Waals surface area contributed by atoms with Gasteiger partial charge in [0, 0.05) is 13.5 Å². The van der Waals surface area contributed by atoms with E-state index in [4.69, 9.17) is 11.5 Å². The lowest BCUT2D eigenvalue weighted by molar-refractivity contribution is -0.118. The van der Waals surface area contributed by atoms with E-state index in [1.54, 1.807) is 7.05 Å². The molecule has 0 radical (unpaired) electrons. The molecule has 4 N–H and O–H groups in total. The minimum absolute atomic E-state index is 0.0831. The van der Waals surface area contributed by atoms with Crippen LogP contribution in [0, 0.1) is 0 Å². The number of primary amides is 1. The summed E-state index contributed by atoms with van der Waals surface area (Å²) in [6, 6.07) is -0.466. The van der Waals surface area contributed by atoms with E-state index in [0.29, 0.717) is 10.3 Å². The standard InChI is InChI=1S/C6H10BrN5O/c1-12-5(6(7)10-11-12)3(8)2-4(9)13/h3H,2,8H2,1H3,(H2,9,13)/t3-/m0/s1. The highest BCUT2D eigenvalue weighted by molar-refractivity contribution is 9.10. The van der Waals surface area contributed by atoms with E-state index < -0.39 is 11.9 Å². The molecule has 0 aliphatic heterocycles. The molecule has 0 unspecified atom stereocenters. The molecule has 0 fully saturated rings. The van der Waals surface area contributed by atoms with Gasteiger partial charge in [0.1, 0.15) is 0 Å². The second-order valence-corrected chi connectivity index (χ2v) is 3.42. The van der Waals surface area contributed by atoms with Gasteiger partial charge in [-0.25, -0.2) is 4.68 Å². The molecule has 0 spiro atoms. The van der Waals surface area contributed by atoms with Gasteiger partial charge < -0.3 is 11.5 Å². The van der Waals surface area contributed by atoms with Gasteiger partial charge in [0.15, 0.2) is 4.60 Å². The van der Waals surface area contributed by atoms with Crippen molar-refractivity contribution < 1.29 is 4.79 Å². The maximum atomic E-state index is 10.6. The molecule has 0 aliphatic carbocycles. The van der Waals surface area contributed by atoms with E-state index in [-0.39, 0.29) is 6.42 Å². The molecule has 1 atom stereocenters. The van der Waals surface area contributed by atoms with E-state index >= 15 is 0 Å². The van der Waals surface area contributed by atoms with Crippen LogP contribution < -0.4 is 11.5 Å². The fourth-order valence-corrected chi connectivity index (χ4v) is 1.67. The summed E-state index contributed by atoms with van der Waals surface area (Å²) in [5, 5.41) is 7.47. The minimum Gasteiger partial charge on any atom is -0.370 e. The first-order valence-electron chi connectivity index (χ1n) is 3.61. The first-order chi connectivity index (χ1) is 6.02. The average Bonchev–Trinajstić information content (AvgIpc) is 2.29. The summed E-state index contributed by atoms with van der Waals surface area (Å²) in [4.78, 5) is 10.6. The van der Waals surface area contributed by atoms with E-state index in [2.05, 4.69) is 26.2 Å². The van der Waals surface area contributed by atoms with Crippen LogP contribution >= 0.6 is 15.9 Å². The molecule has 0 bridgehead atoms. The molecule has 72 valence electrons. The molecule has 0 saturated heterocycles. The van der Waals surface area contributed by atoms with Gasteiger partial charge in [0.25, 0.3) is 0 Å². The van der Waals surface area contributed by atoms with Gasteiger partial charge in [0.2, 0.25) is 5.91 Å². The Labute approximate surface area is 83.4 Å². The Balaban J connectivity index is 2.87. The fourth-order valence-electron chi connectivity index (χ4n) is 1.05. The molecule has 1 aromatic heterocycles. The number of carbonyl (C=O) groups is 1. The zero-order chi connectivity index (χ0) is 10.0. The summed E-state index contributed by atoms with van der Waals surface area (Å²) in [7, 11) is 1.70. The van der Waals surface area contributed by atoms with E-state index in [9.17, 15) is 4.79 Å². The Morgan fingerprint density at radius 1 is 1.77 bits per heavy atom. The van der Waals surface area contributed by atoms with E-state index in [1.165, 1.54) is 4.68 Å². The van der Waals surface area contributed by atoms with Crippen molar-refractivity contribution in [3.05, 3.63) is 10.3 Å². The number of aryl methyl sites for hydroxylation is 1. The van der Waals surface area contributed by atoms with Crippen molar-refractivity contribution in [1.29, 1.82) is 0 Å². The van der Waals surface area contributed by atoms with E-state index in [0.717, 1.165) is 0 Å². The van der Waals surface area contributed by atoms with Crippen molar-refractivity contribution in [2.75, 3.05) is 0 Å². The molecular formula is C6H10BrN5O. The number of nitrogens with two attached hydrogens (primary N) is 2. The van der Waals surface area contributed by atoms with Crippen molar-refractivity contribution in [3.63, 3.8) is 0 Å². The Kier molecular flexibility index (Phi) is 2.99. The van der Waals surface area contributed by atoms with Crippen molar-refractivity contribution in [3.8, 4) is 0 Å². The first kappa shape index (κ1) is 10.1. The SMILES string of the molecule is Cn1nnc(Br)c1[C@@H](N)CC(N)=O. The third-order valence-corrected chi connectivity index (χ3v) is 2.16. The quantitative estimate of drug-likeness (QED) is 0.749. The van der Waals surface area contributed by atoms with Crippen LogP contribution in [0.4, 0.5) is 0 Å². The Morgan fingerprint density at radius 3 is 2.77 bits per heavy atom. The van der Waals surface area contributed by atoms with Crippen LogP contribution in [0.2, 0.25) is 0 Å². The fraction of sp³-hybridized carbons (Fsp3) is 0.500. The first-order valence-corrected chi connectivity index (χ1v) is 4.40. The van der Waals surface area contributed by atoms with Crippen molar-refractivity contribution in [1.82, 2.24) is 15.0 Å². The van der Waals surface area contributed by atoms with Gasteiger partial charge in [-0.3, -0.25) is 4.79 Å². The zero-order valence-corrected chi connectivity index (χ0v) is 8.65. The lowest BCUT2D eigenvalue weighted by atomic mass is 10.1. The Hall–Kier alpha value is -0.950. The van der Waals surface area contributed by atoms with Gasteiger partial charge in [-0.15, -0.1) is 5.10 Å². The number of hydrogen-bond acceptors (Lipinski definition) is 4. The molecular weight excluding hydrogens is 238 g/mol. The largest absolute Gasteiger partial charge is 0.370 e. The molecule has 13 heavy (non-hydrogen) atoms. The van der Waals surface area contributed by atoms with Gasteiger partial charge in [-0.05, 0) is 15.9 Å². The third kappa shape index (κ3) is 2.25. The lowest BCUT2D eigenvalue weighted by Gasteiger charge is -2.08. The van der Waals surface area contributed by atoms with Crippen LogP contribution in [0.5, 0.6) is 0 Å². The van der Waals surface area contributed by atoms with E-state index in [1.807, 2.05) is 0 Å². The van der Waals surface area contributed by atoms with Gasteiger partial charge in [-0.1, -0.05) is 5.21 Å². The molecule has 0 aromatic carbocycles. The second-order valence-electron chi connectivity index (χ2n) is 2.67. The summed E-state index contributed by atoms with van der Waals surface area (Å²) in [6.45, 7) is 0. The maximum absolute atomic E-state index is 10.6. The summed E-state index contributed by atoms with van der Waals surface area (Å²) >= 11 is 3.18. The number of halogens is 1. The lowest BCUT2D eigenvalue weighted by Crippen LogP contribution is -2.22. The van der Waals surface area contributed by atoms with Crippen LogP contribution in [0.15, 0.2) is 4.60 Å². The molecule has 0 aliphatic rings. The highest BCUT2D eigenvalue weighted by Crippen LogP contribution is 2.20. The summed E-state index contributed by atoms with van der Waals surface area (Å²) < 4.78 is 2.06. The summed E-state index contributed by atoms with van der Waals surface area (Å²) in [5.41, 5.74) is 11.4. The Bertz CT molecular complexity index is 303. The number of amides is 1. The molecule has 1 amide bonds. The maximum Gasteiger partial charge on any atom is 0.219 e. The van der Waals surface area contributed by atoms with Gasteiger partial charge >= 0.3 is 0 Å². The number of hydrogen-bond donors (Lipinski definition) is 2. The molecule has 6 nitrogen and oxygen atoms in total. The number of aromatic nitrogens is 3. The van der Waals surface area contributed by atoms with Crippen LogP contribution in [0.25, 0.3) is 0 Å². The molecule has 7 heteroatoms. The van der Waals surface area contributed by atoms with Crippen LogP contribution in [0.1, 0.15) is 18.2 Å². The molecule has 1 heterocycles.